The number of halogens is 1. The van der Waals surface area contributed by atoms with Crippen LogP contribution in [-0.4, -0.2) is 21.0 Å². The predicted molar refractivity (Wildman–Crippen MR) is 89.5 cm³/mol. The second-order valence-electron chi connectivity index (χ2n) is 6.62. The van der Waals surface area contributed by atoms with Crippen LogP contribution in [0.4, 0.5) is 4.39 Å². The molecular formula is C18H19FN4O2. The molecule has 1 aliphatic rings. The summed E-state index contributed by atoms with van der Waals surface area (Å²) in [5, 5.41) is 7.56. The number of carbonyl (C=O) groups is 1. The fraction of sp³-hybridized carbons (Fsp3) is 0.389. The van der Waals surface area contributed by atoms with Crippen molar-refractivity contribution in [1.29, 1.82) is 0 Å². The van der Waals surface area contributed by atoms with Crippen LogP contribution in [0, 0.1) is 12.7 Å². The van der Waals surface area contributed by atoms with E-state index in [2.05, 4.69) is 20.4 Å². The van der Waals surface area contributed by atoms with Gasteiger partial charge in [-0.2, -0.15) is 4.98 Å². The number of para-hydroxylation sites is 1. The van der Waals surface area contributed by atoms with Gasteiger partial charge in [0.2, 0.25) is 11.8 Å². The molecule has 1 amide bonds. The molecule has 2 aromatic heterocycles. The zero-order valence-electron chi connectivity index (χ0n) is 14.1. The molecule has 1 aromatic carbocycles. The van der Waals surface area contributed by atoms with Gasteiger partial charge < -0.3 is 14.8 Å². The molecule has 4 rings (SSSR count). The van der Waals surface area contributed by atoms with Gasteiger partial charge in [0.25, 0.3) is 0 Å². The van der Waals surface area contributed by atoms with Gasteiger partial charge in [-0.1, -0.05) is 17.3 Å². The highest BCUT2D eigenvalue weighted by molar-refractivity contribution is 5.90. The Kier molecular flexibility index (Phi) is 3.78. The average Bonchev–Trinajstić information content (AvgIpc) is 3.22. The van der Waals surface area contributed by atoms with Crippen molar-refractivity contribution in [3.8, 4) is 0 Å². The number of hydrogen-bond acceptors (Lipinski definition) is 4. The van der Waals surface area contributed by atoms with Crippen molar-refractivity contribution in [2.45, 2.75) is 45.1 Å². The molecule has 6 nitrogen and oxygen atoms in total. The quantitative estimate of drug-likeness (QED) is 0.745. The summed E-state index contributed by atoms with van der Waals surface area (Å²) in [5.74, 6) is 1.05. The van der Waals surface area contributed by atoms with Crippen molar-refractivity contribution in [2.75, 3.05) is 0 Å². The Morgan fingerprint density at radius 3 is 3.04 bits per heavy atom. The van der Waals surface area contributed by atoms with Crippen LogP contribution in [0.15, 0.2) is 22.7 Å². The molecule has 2 N–H and O–H groups in total. The number of nitrogens with one attached hydrogen (secondary N) is 2. The van der Waals surface area contributed by atoms with Gasteiger partial charge in [0.05, 0.1) is 11.9 Å². The van der Waals surface area contributed by atoms with Crippen molar-refractivity contribution in [3.05, 3.63) is 47.0 Å². The lowest BCUT2D eigenvalue weighted by Crippen LogP contribution is -2.28. The van der Waals surface area contributed by atoms with Gasteiger partial charge in [0.1, 0.15) is 11.9 Å². The number of aryl methyl sites for hydroxylation is 1. The highest BCUT2D eigenvalue weighted by atomic mass is 19.1. The van der Waals surface area contributed by atoms with E-state index in [1.165, 1.54) is 6.07 Å². The fourth-order valence-electron chi connectivity index (χ4n) is 3.04. The van der Waals surface area contributed by atoms with Crippen LogP contribution in [0.3, 0.4) is 0 Å². The highest BCUT2D eigenvalue weighted by Crippen LogP contribution is 2.38. The number of aromatic nitrogens is 3. The molecule has 2 heterocycles. The van der Waals surface area contributed by atoms with Crippen LogP contribution in [0.25, 0.3) is 10.9 Å². The first-order chi connectivity index (χ1) is 12.0. The molecular weight excluding hydrogens is 323 g/mol. The molecule has 0 unspecified atom stereocenters. The molecule has 1 atom stereocenters. The third-order valence-corrected chi connectivity index (χ3v) is 4.59. The van der Waals surface area contributed by atoms with Gasteiger partial charge in [-0.15, -0.1) is 0 Å². The lowest BCUT2D eigenvalue weighted by atomic mass is 10.1. The number of hydrogen-bond donors (Lipinski definition) is 2. The molecule has 130 valence electrons. The molecule has 1 fully saturated rings. The minimum absolute atomic E-state index is 0.156. The number of rotatable bonds is 5. The van der Waals surface area contributed by atoms with E-state index in [9.17, 15) is 9.18 Å². The molecule has 0 bridgehead atoms. The molecule has 1 saturated carbocycles. The third-order valence-electron chi connectivity index (χ3n) is 4.59. The molecule has 3 aromatic rings. The standard InChI is InChI=1S/C18H19FN4O2/c1-9-13(12-4-3-5-14(19)16(12)21-9)8-15(24)20-10(2)18-22-17(23-25-18)11-6-7-11/h3-5,10-11,21H,6-8H2,1-2H3,(H,20,24)/t10-/m0/s1. The summed E-state index contributed by atoms with van der Waals surface area (Å²) in [6.07, 6.45) is 2.34. The Labute approximate surface area is 143 Å². The number of H-pyrrole nitrogens is 1. The second kappa shape index (κ2) is 5.98. The summed E-state index contributed by atoms with van der Waals surface area (Å²) in [6.45, 7) is 3.65. The van der Waals surface area contributed by atoms with Gasteiger partial charge in [0.15, 0.2) is 5.82 Å². The van der Waals surface area contributed by atoms with Crippen molar-refractivity contribution >= 4 is 16.8 Å². The van der Waals surface area contributed by atoms with E-state index in [0.29, 0.717) is 17.3 Å². The lowest BCUT2D eigenvalue weighted by molar-refractivity contribution is -0.121. The van der Waals surface area contributed by atoms with E-state index < -0.39 is 0 Å². The Balaban J connectivity index is 1.48. The van der Waals surface area contributed by atoms with E-state index >= 15 is 0 Å². The SMILES string of the molecule is Cc1[nH]c2c(F)cccc2c1CC(=O)N[C@@H](C)c1nc(C2CC2)no1. The predicted octanol–water partition coefficient (Wildman–Crippen LogP) is 3.30. The third kappa shape index (κ3) is 3.01. The van der Waals surface area contributed by atoms with Crippen LogP contribution >= 0.6 is 0 Å². The molecule has 0 radical (unpaired) electrons. The number of benzene rings is 1. The van der Waals surface area contributed by atoms with Crippen molar-refractivity contribution in [2.24, 2.45) is 0 Å². The van der Waals surface area contributed by atoms with E-state index in [0.717, 1.165) is 35.3 Å². The first kappa shape index (κ1) is 15.8. The maximum Gasteiger partial charge on any atom is 0.248 e. The van der Waals surface area contributed by atoms with Crippen LogP contribution < -0.4 is 5.32 Å². The number of nitrogens with zero attached hydrogens (tertiary/aromatic N) is 2. The number of fused-ring (bicyclic) bond motifs is 1. The van der Waals surface area contributed by atoms with Crippen molar-refractivity contribution in [3.63, 3.8) is 0 Å². The average molecular weight is 342 g/mol. The Morgan fingerprint density at radius 1 is 1.48 bits per heavy atom. The number of carbonyl (C=O) groups excluding carboxylic acids is 1. The van der Waals surface area contributed by atoms with Gasteiger partial charge in [-0.3, -0.25) is 4.79 Å². The molecule has 25 heavy (non-hydrogen) atoms. The largest absolute Gasteiger partial charge is 0.356 e. The first-order valence-electron chi connectivity index (χ1n) is 8.41. The minimum Gasteiger partial charge on any atom is -0.356 e. The van der Waals surface area contributed by atoms with E-state index in [4.69, 9.17) is 4.52 Å². The molecule has 1 aliphatic carbocycles. The van der Waals surface area contributed by atoms with Crippen molar-refractivity contribution < 1.29 is 13.7 Å². The summed E-state index contributed by atoms with van der Waals surface area (Å²) in [4.78, 5) is 19.8. The fourth-order valence-corrected chi connectivity index (χ4v) is 3.04. The maximum absolute atomic E-state index is 13.9. The van der Waals surface area contributed by atoms with Crippen LogP contribution in [0.2, 0.25) is 0 Å². The van der Waals surface area contributed by atoms with Crippen LogP contribution in [0.1, 0.15) is 54.7 Å². The summed E-state index contributed by atoms with van der Waals surface area (Å²) < 4.78 is 19.1. The van der Waals surface area contributed by atoms with Crippen molar-refractivity contribution in [1.82, 2.24) is 20.4 Å². The van der Waals surface area contributed by atoms with Crippen LogP contribution in [0.5, 0.6) is 0 Å². The van der Waals surface area contributed by atoms with Crippen LogP contribution in [-0.2, 0) is 11.2 Å². The molecule has 7 heteroatoms. The van der Waals surface area contributed by atoms with Gasteiger partial charge in [0, 0.05) is 17.0 Å². The number of aromatic amines is 1. The zero-order valence-corrected chi connectivity index (χ0v) is 14.1. The Bertz CT molecular complexity index is 942. The van der Waals surface area contributed by atoms with Gasteiger partial charge in [-0.05, 0) is 38.3 Å². The second-order valence-corrected chi connectivity index (χ2v) is 6.62. The lowest BCUT2D eigenvalue weighted by Gasteiger charge is -2.10. The van der Waals surface area contributed by atoms with Gasteiger partial charge in [-0.25, -0.2) is 4.39 Å². The highest BCUT2D eigenvalue weighted by Gasteiger charge is 2.30. The summed E-state index contributed by atoms with van der Waals surface area (Å²) in [6, 6.07) is 4.49. The molecule has 0 aliphatic heterocycles. The summed E-state index contributed by atoms with van der Waals surface area (Å²) in [7, 11) is 0. The molecule has 0 spiro atoms. The Hall–Kier alpha value is -2.70. The minimum atomic E-state index is -0.366. The normalized spacial score (nSPS) is 15.5. The van der Waals surface area contributed by atoms with Gasteiger partial charge >= 0.3 is 0 Å². The Morgan fingerprint density at radius 2 is 2.28 bits per heavy atom. The summed E-state index contributed by atoms with van der Waals surface area (Å²) in [5.41, 5.74) is 2.02. The number of amides is 1. The first-order valence-corrected chi connectivity index (χ1v) is 8.41. The topological polar surface area (TPSA) is 83.8 Å². The zero-order chi connectivity index (χ0) is 17.6. The molecule has 0 saturated heterocycles. The smallest absolute Gasteiger partial charge is 0.248 e. The maximum atomic E-state index is 13.9. The van der Waals surface area contributed by atoms with E-state index in [-0.39, 0.29) is 24.2 Å². The van der Waals surface area contributed by atoms with E-state index in [1.54, 1.807) is 6.07 Å². The summed E-state index contributed by atoms with van der Waals surface area (Å²) >= 11 is 0. The van der Waals surface area contributed by atoms with E-state index in [1.807, 2.05) is 19.9 Å². The monoisotopic (exact) mass is 342 g/mol.